The summed E-state index contributed by atoms with van der Waals surface area (Å²) in [7, 11) is 1.61. The van der Waals surface area contributed by atoms with Crippen LogP contribution in [0.15, 0.2) is 58.1 Å². The fourth-order valence-corrected chi connectivity index (χ4v) is 2.57. The third kappa shape index (κ3) is 3.49. The van der Waals surface area contributed by atoms with Gasteiger partial charge in [0.2, 0.25) is 0 Å². The highest BCUT2D eigenvalue weighted by Gasteiger charge is 2.09. The number of aromatic nitrogens is 1. The van der Waals surface area contributed by atoms with Gasteiger partial charge in [-0.1, -0.05) is 28.1 Å². The summed E-state index contributed by atoms with van der Waals surface area (Å²) in [5, 5.41) is 5.07. The number of halogens is 1. The van der Waals surface area contributed by atoms with Gasteiger partial charge in [-0.05, 0) is 48.9 Å². The van der Waals surface area contributed by atoms with E-state index in [2.05, 4.69) is 31.4 Å². The van der Waals surface area contributed by atoms with E-state index in [1.54, 1.807) is 13.2 Å². The monoisotopic (exact) mass is 385 g/mol. The van der Waals surface area contributed by atoms with Crippen LogP contribution in [0.2, 0.25) is 0 Å². The van der Waals surface area contributed by atoms with Crippen molar-refractivity contribution in [3.63, 3.8) is 0 Å². The number of amides is 1. The Labute approximate surface area is 147 Å². The van der Waals surface area contributed by atoms with Crippen molar-refractivity contribution < 1.29 is 9.53 Å². The van der Waals surface area contributed by atoms with Crippen molar-refractivity contribution in [1.82, 2.24) is 10.4 Å². The molecule has 122 valence electrons. The second-order valence-corrected chi connectivity index (χ2v) is 6.20. The molecule has 1 amide bonds. The lowest BCUT2D eigenvalue weighted by Gasteiger charge is -2.02. The maximum atomic E-state index is 12.3. The molecule has 2 aromatic carbocycles. The number of hydrogen-bond donors (Lipinski definition) is 2. The molecule has 2 N–H and O–H groups in total. The van der Waals surface area contributed by atoms with E-state index in [0.717, 1.165) is 32.4 Å². The van der Waals surface area contributed by atoms with Crippen molar-refractivity contribution in [2.45, 2.75) is 6.92 Å². The van der Waals surface area contributed by atoms with E-state index in [-0.39, 0.29) is 5.91 Å². The molecule has 3 rings (SSSR count). The number of nitrogens with one attached hydrogen (secondary N) is 2. The number of methoxy groups -OCH3 is 1. The largest absolute Gasteiger partial charge is 0.497 e. The highest BCUT2D eigenvalue weighted by atomic mass is 79.9. The average Bonchev–Trinajstić information content (AvgIpc) is 3.03. The van der Waals surface area contributed by atoms with E-state index in [4.69, 9.17) is 4.74 Å². The molecule has 1 aromatic heterocycles. The second kappa shape index (κ2) is 6.88. The van der Waals surface area contributed by atoms with Crippen LogP contribution in [0.1, 0.15) is 23.0 Å². The van der Waals surface area contributed by atoms with Crippen LogP contribution >= 0.6 is 15.9 Å². The summed E-state index contributed by atoms with van der Waals surface area (Å²) in [6.07, 6.45) is 0. The Balaban J connectivity index is 1.77. The topological polar surface area (TPSA) is 66.5 Å². The van der Waals surface area contributed by atoms with Crippen LogP contribution in [-0.4, -0.2) is 23.7 Å². The molecule has 1 heterocycles. The second-order valence-electron chi connectivity index (χ2n) is 5.28. The van der Waals surface area contributed by atoms with Gasteiger partial charge in [-0.15, -0.1) is 0 Å². The first-order valence-electron chi connectivity index (χ1n) is 7.34. The van der Waals surface area contributed by atoms with Gasteiger partial charge in [0.1, 0.15) is 11.4 Å². The molecule has 0 aliphatic heterocycles. The Morgan fingerprint density at radius 2 is 1.92 bits per heavy atom. The zero-order valence-corrected chi connectivity index (χ0v) is 14.8. The summed E-state index contributed by atoms with van der Waals surface area (Å²) in [5.41, 5.74) is 5.57. The number of fused-ring (bicyclic) bond motifs is 1. The Bertz CT molecular complexity index is 914. The quantitative estimate of drug-likeness (QED) is 0.524. The summed E-state index contributed by atoms with van der Waals surface area (Å²) in [6, 6.07) is 15.1. The van der Waals surface area contributed by atoms with E-state index < -0.39 is 0 Å². The highest BCUT2D eigenvalue weighted by molar-refractivity contribution is 9.10. The standard InChI is InChI=1S/C18H16BrN3O2/c1-11(12-3-5-14(19)6-4-12)21-22-18(23)17-10-13-9-15(24-2)7-8-16(13)20-17/h3-10,20H,1-2H3,(H,22,23)/b21-11+. The molecule has 6 heteroatoms. The van der Waals surface area contributed by atoms with Crippen molar-refractivity contribution in [1.29, 1.82) is 0 Å². The minimum atomic E-state index is -0.290. The number of carbonyl (C=O) groups is 1. The predicted octanol–water partition coefficient (Wildman–Crippen LogP) is 4.09. The molecule has 3 aromatic rings. The Hall–Kier alpha value is -2.60. The summed E-state index contributed by atoms with van der Waals surface area (Å²) in [5.74, 6) is 0.458. The number of rotatable bonds is 4. The minimum absolute atomic E-state index is 0.290. The first kappa shape index (κ1) is 16.3. The van der Waals surface area contributed by atoms with Gasteiger partial charge in [0, 0.05) is 15.4 Å². The molecule has 0 aliphatic carbocycles. The summed E-state index contributed by atoms with van der Waals surface area (Å²) in [6.45, 7) is 1.85. The molecule has 0 fully saturated rings. The molecule has 0 radical (unpaired) electrons. The number of hydrogen-bond acceptors (Lipinski definition) is 3. The zero-order chi connectivity index (χ0) is 17.1. The van der Waals surface area contributed by atoms with Gasteiger partial charge in [-0.2, -0.15) is 5.10 Å². The zero-order valence-electron chi connectivity index (χ0n) is 13.3. The summed E-state index contributed by atoms with van der Waals surface area (Å²) in [4.78, 5) is 15.3. The number of H-pyrrole nitrogens is 1. The Morgan fingerprint density at radius 3 is 2.62 bits per heavy atom. The number of nitrogens with zero attached hydrogens (tertiary/aromatic N) is 1. The number of carbonyl (C=O) groups excluding carboxylic acids is 1. The predicted molar refractivity (Wildman–Crippen MR) is 98.7 cm³/mol. The van der Waals surface area contributed by atoms with Crippen molar-refractivity contribution in [3.8, 4) is 5.75 Å². The molecule has 0 bridgehead atoms. The summed E-state index contributed by atoms with van der Waals surface area (Å²) < 4.78 is 6.19. The fraction of sp³-hybridized carbons (Fsp3) is 0.111. The first-order chi connectivity index (χ1) is 11.6. The molecule has 5 nitrogen and oxygen atoms in total. The Morgan fingerprint density at radius 1 is 1.17 bits per heavy atom. The molecular weight excluding hydrogens is 370 g/mol. The number of ether oxygens (including phenoxy) is 1. The Kier molecular flexibility index (Phi) is 4.66. The molecule has 0 atom stereocenters. The smallest absolute Gasteiger partial charge is 0.287 e. The SMILES string of the molecule is COc1ccc2[nH]c(C(=O)N/N=C(\C)c3ccc(Br)cc3)cc2c1. The lowest BCUT2D eigenvalue weighted by atomic mass is 10.1. The average molecular weight is 386 g/mol. The van der Waals surface area contributed by atoms with Crippen LogP contribution in [0, 0.1) is 0 Å². The van der Waals surface area contributed by atoms with Gasteiger partial charge in [0.25, 0.3) is 5.91 Å². The lowest BCUT2D eigenvalue weighted by Crippen LogP contribution is -2.19. The van der Waals surface area contributed by atoms with Crippen LogP contribution in [0.3, 0.4) is 0 Å². The summed E-state index contributed by atoms with van der Waals surface area (Å²) >= 11 is 3.39. The van der Waals surface area contributed by atoms with Gasteiger partial charge in [-0.25, -0.2) is 5.43 Å². The van der Waals surface area contributed by atoms with E-state index in [0.29, 0.717) is 5.69 Å². The van der Waals surface area contributed by atoms with Crippen molar-refractivity contribution in [2.75, 3.05) is 7.11 Å². The van der Waals surface area contributed by atoms with E-state index in [9.17, 15) is 4.79 Å². The number of aromatic amines is 1. The fourth-order valence-electron chi connectivity index (χ4n) is 2.31. The third-order valence-corrected chi connectivity index (χ3v) is 4.19. The van der Waals surface area contributed by atoms with Crippen LogP contribution in [0.25, 0.3) is 10.9 Å². The van der Waals surface area contributed by atoms with Gasteiger partial charge in [0.15, 0.2) is 0 Å². The first-order valence-corrected chi connectivity index (χ1v) is 8.13. The number of hydrazone groups is 1. The van der Waals surface area contributed by atoms with Crippen LogP contribution in [0.4, 0.5) is 0 Å². The van der Waals surface area contributed by atoms with E-state index in [1.807, 2.05) is 49.4 Å². The molecule has 0 unspecified atom stereocenters. The van der Waals surface area contributed by atoms with E-state index >= 15 is 0 Å². The number of benzene rings is 2. The van der Waals surface area contributed by atoms with Gasteiger partial charge >= 0.3 is 0 Å². The van der Waals surface area contributed by atoms with Crippen molar-refractivity contribution in [3.05, 3.63) is 64.3 Å². The molecule has 0 spiro atoms. The maximum absolute atomic E-state index is 12.3. The molecule has 0 aliphatic rings. The molecule has 0 saturated heterocycles. The van der Waals surface area contributed by atoms with Crippen molar-refractivity contribution >= 4 is 38.5 Å². The molecular formula is C18H16BrN3O2. The third-order valence-electron chi connectivity index (χ3n) is 3.66. The van der Waals surface area contributed by atoms with Crippen LogP contribution in [-0.2, 0) is 0 Å². The van der Waals surface area contributed by atoms with Gasteiger partial charge in [-0.3, -0.25) is 4.79 Å². The lowest BCUT2D eigenvalue weighted by molar-refractivity contribution is 0.0950. The normalized spacial score (nSPS) is 11.5. The van der Waals surface area contributed by atoms with Gasteiger partial charge in [0.05, 0.1) is 12.8 Å². The maximum Gasteiger partial charge on any atom is 0.287 e. The minimum Gasteiger partial charge on any atom is -0.497 e. The van der Waals surface area contributed by atoms with Gasteiger partial charge < -0.3 is 9.72 Å². The van der Waals surface area contributed by atoms with Crippen molar-refractivity contribution in [2.24, 2.45) is 5.10 Å². The highest BCUT2D eigenvalue weighted by Crippen LogP contribution is 2.21. The van der Waals surface area contributed by atoms with Crippen LogP contribution in [0.5, 0.6) is 5.75 Å². The molecule has 24 heavy (non-hydrogen) atoms. The van der Waals surface area contributed by atoms with E-state index in [1.165, 1.54) is 0 Å². The van der Waals surface area contributed by atoms with Crippen LogP contribution < -0.4 is 10.2 Å². The molecule has 0 saturated carbocycles.